The topological polar surface area (TPSA) is 35.5 Å². The third-order valence-corrected chi connectivity index (χ3v) is 4.62. The molecule has 0 N–H and O–H groups in total. The fourth-order valence-corrected chi connectivity index (χ4v) is 3.52. The van der Waals surface area contributed by atoms with E-state index in [4.69, 9.17) is 9.47 Å². The Morgan fingerprint density at radius 3 is 2.67 bits per heavy atom. The van der Waals surface area contributed by atoms with Crippen LogP contribution in [0.5, 0.6) is 0 Å². The quantitative estimate of drug-likeness (QED) is 0.789. The molecule has 5 heteroatoms. The van der Waals surface area contributed by atoms with E-state index < -0.39 is 0 Å². The molecule has 2 unspecified atom stereocenters. The number of carbonyl (C=O) groups excluding carboxylic acids is 1. The molecule has 0 radical (unpaired) electrons. The molecule has 2 atom stereocenters. The minimum Gasteiger partial charge on any atom is -0.375 e. The summed E-state index contributed by atoms with van der Waals surface area (Å²) in [5, 5.41) is 0. The third kappa shape index (κ3) is 3.88. The van der Waals surface area contributed by atoms with Crippen LogP contribution in [0.25, 0.3) is 0 Å². The molecule has 0 spiro atoms. The first-order valence-corrected chi connectivity index (χ1v) is 7.71. The van der Waals surface area contributed by atoms with E-state index >= 15 is 0 Å². The number of Topliss-reactive ketones (excluding diaryl/α,β-unsaturated/α-hetero) is 1. The average Bonchev–Trinajstić information content (AvgIpc) is 2.71. The molecule has 3 nitrogen and oxygen atoms in total. The van der Waals surface area contributed by atoms with Crippen LogP contribution in [0.3, 0.4) is 0 Å². The lowest BCUT2D eigenvalue weighted by molar-refractivity contribution is -0.0974. The second-order valence-corrected chi connectivity index (χ2v) is 7.15. The highest BCUT2D eigenvalue weighted by molar-refractivity contribution is 9.11. The number of hydrogen-bond donors (Lipinski definition) is 0. The Morgan fingerprint density at radius 1 is 1.44 bits per heavy atom. The number of hydrogen-bond acceptors (Lipinski definition) is 4. The minimum absolute atomic E-state index is 0.0532. The van der Waals surface area contributed by atoms with Gasteiger partial charge in [0.25, 0.3) is 0 Å². The van der Waals surface area contributed by atoms with Gasteiger partial charge >= 0.3 is 0 Å². The summed E-state index contributed by atoms with van der Waals surface area (Å²) in [6, 6.07) is 3.71. The van der Waals surface area contributed by atoms with Gasteiger partial charge in [-0.25, -0.2) is 0 Å². The first kappa shape index (κ1) is 14.2. The predicted octanol–water partition coefficient (Wildman–Crippen LogP) is 3.67. The highest BCUT2D eigenvalue weighted by atomic mass is 79.9. The minimum atomic E-state index is 0.0532. The Bertz CT molecular complexity index is 408. The number of thiophene rings is 1. The van der Waals surface area contributed by atoms with Gasteiger partial charge < -0.3 is 9.47 Å². The summed E-state index contributed by atoms with van der Waals surface area (Å²) in [5.41, 5.74) is 0. The van der Waals surface area contributed by atoms with E-state index in [-0.39, 0.29) is 30.7 Å². The van der Waals surface area contributed by atoms with Gasteiger partial charge in [0.2, 0.25) is 0 Å². The molecule has 1 aliphatic rings. The SMILES string of the molecule is CC1CC(OCC(=O)c2ccc(Br)s2)CC(C)O1. The standard InChI is InChI=1S/C13H17BrO3S/c1-8-5-10(6-9(2)17-8)16-7-11(15)12-3-4-13(14)18-12/h3-4,8-10H,5-7H2,1-2H3. The van der Waals surface area contributed by atoms with Crippen molar-refractivity contribution in [2.75, 3.05) is 6.61 Å². The molecule has 2 heterocycles. The molecular formula is C13H17BrO3S. The highest BCUT2D eigenvalue weighted by Crippen LogP contribution is 2.24. The molecule has 0 amide bonds. The zero-order valence-electron chi connectivity index (χ0n) is 10.5. The van der Waals surface area contributed by atoms with Gasteiger partial charge in [-0.05, 0) is 54.8 Å². The maximum atomic E-state index is 11.9. The molecule has 0 aromatic carbocycles. The van der Waals surface area contributed by atoms with Crippen LogP contribution in [0.4, 0.5) is 0 Å². The molecule has 100 valence electrons. The molecule has 0 bridgehead atoms. The molecule has 1 aliphatic heterocycles. The van der Waals surface area contributed by atoms with E-state index in [1.165, 1.54) is 11.3 Å². The number of carbonyl (C=O) groups is 1. The van der Waals surface area contributed by atoms with E-state index in [1.54, 1.807) is 0 Å². The summed E-state index contributed by atoms with van der Waals surface area (Å²) < 4.78 is 12.3. The van der Waals surface area contributed by atoms with Crippen molar-refractivity contribution in [1.29, 1.82) is 0 Å². The third-order valence-electron chi connectivity index (χ3n) is 2.95. The first-order chi connectivity index (χ1) is 8.54. The lowest BCUT2D eigenvalue weighted by Crippen LogP contribution is -2.35. The summed E-state index contributed by atoms with van der Waals surface area (Å²) in [5.74, 6) is 0.0532. The number of ketones is 1. The Balaban J connectivity index is 1.82. The van der Waals surface area contributed by atoms with Gasteiger partial charge in [-0.15, -0.1) is 11.3 Å². The molecule has 1 aromatic rings. The summed E-state index contributed by atoms with van der Waals surface area (Å²) in [6.45, 7) is 4.26. The van der Waals surface area contributed by atoms with Crippen molar-refractivity contribution < 1.29 is 14.3 Å². The van der Waals surface area contributed by atoms with E-state index in [9.17, 15) is 4.79 Å². The molecule has 1 saturated heterocycles. The molecule has 1 aromatic heterocycles. The zero-order valence-corrected chi connectivity index (χ0v) is 12.9. The van der Waals surface area contributed by atoms with Crippen molar-refractivity contribution in [2.45, 2.75) is 45.0 Å². The van der Waals surface area contributed by atoms with Gasteiger partial charge in [0.1, 0.15) is 6.61 Å². The summed E-state index contributed by atoms with van der Waals surface area (Å²) >= 11 is 4.80. The van der Waals surface area contributed by atoms with Gasteiger partial charge in [-0.1, -0.05) is 0 Å². The lowest BCUT2D eigenvalue weighted by atomic mass is 10.0. The summed E-state index contributed by atoms with van der Waals surface area (Å²) in [7, 11) is 0. The van der Waals surface area contributed by atoms with E-state index in [0.717, 1.165) is 21.5 Å². The van der Waals surface area contributed by atoms with E-state index in [1.807, 2.05) is 26.0 Å². The second-order valence-electron chi connectivity index (χ2n) is 4.69. The van der Waals surface area contributed by atoms with Crippen molar-refractivity contribution >= 4 is 33.0 Å². The number of halogens is 1. The Hall–Kier alpha value is -0.230. The lowest BCUT2D eigenvalue weighted by Gasteiger charge is -2.31. The molecule has 18 heavy (non-hydrogen) atoms. The highest BCUT2D eigenvalue weighted by Gasteiger charge is 2.25. The van der Waals surface area contributed by atoms with Crippen LogP contribution in [0.2, 0.25) is 0 Å². The van der Waals surface area contributed by atoms with Gasteiger partial charge in [-0.2, -0.15) is 0 Å². The monoisotopic (exact) mass is 332 g/mol. The smallest absolute Gasteiger partial charge is 0.198 e. The van der Waals surface area contributed by atoms with Gasteiger partial charge in [0.05, 0.1) is 27.0 Å². The Kier molecular flexibility index (Phi) is 4.95. The van der Waals surface area contributed by atoms with Crippen LogP contribution < -0.4 is 0 Å². The number of rotatable bonds is 4. The second kappa shape index (κ2) is 6.28. The fourth-order valence-electron chi connectivity index (χ4n) is 2.21. The first-order valence-electron chi connectivity index (χ1n) is 6.10. The number of ether oxygens (including phenoxy) is 2. The largest absolute Gasteiger partial charge is 0.375 e. The fraction of sp³-hybridized carbons (Fsp3) is 0.615. The van der Waals surface area contributed by atoms with Crippen LogP contribution in [0.1, 0.15) is 36.4 Å². The molecule has 2 rings (SSSR count). The van der Waals surface area contributed by atoms with Crippen molar-refractivity contribution in [3.8, 4) is 0 Å². The van der Waals surface area contributed by atoms with Crippen molar-refractivity contribution in [3.63, 3.8) is 0 Å². The van der Waals surface area contributed by atoms with Gasteiger partial charge in [-0.3, -0.25) is 4.79 Å². The van der Waals surface area contributed by atoms with Crippen molar-refractivity contribution in [1.82, 2.24) is 0 Å². The van der Waals surface area contributed by atoms with Crippen LogP contribution >= 0.6 is 27.3 Å². The Morgan fingerprint density at radius 2 is 2.11 bits per heavy atom. The maximum absolute atomic E-state index is 11.9. The maximum Gasteiger partial charge on any atom is 0.198 e. The Labute approximate surface area is 120 Å². The average molecular weight is 333 g/mol. The van der Waals surface area contributed by atoms with Gasteiger partial charge in [0.15, 0.2) is 5.78 Å². The summed E-state index contributed by atoms with van der Waals surface area (Å²) in [6.07, 6.45) is 2.29. The zero-order chi connectivity index (χ0) is 13.1. The van der Waals surface area contributed by atoms with E-state index in [2.05, 4.69) is 15.9 Å². The van der Waals surface area contributed by atoms with Crippen LogP contribution in [0.15, 0.2) is 15.9 Å². The van der Waals surface area contributed by atoms with Crippen LogP contribution in [-0.2, 0) is 9.47 Å². The van der Waals surface area contributed by atoms with Crippen molar-refractivity contribution in [2.24, 2.45) is 0 Å². The van der Waals surface area contributed by atoms with E-state index in [0.29, 0.717) is 0 Å². The van der Waals surface area contributed by atoms with Crippen LogP contribution in [-0.4, -0.2) is 30.7 Å². The van der Waals surface area contributed by atoms with Crippen LogP contribution in [0, 0.1) is 0 Å². The summed E-state index contributed by atoms with van der Waals surface area (Å²) in [4.78, 5) is 12.6. The normalized spacial score (nSPS) is 28.3. The van der Waals surface area contributed by atoms with Gasteiger partial charge in [0, 0.05) is 0 Å². The molecular weight excluding hydrogens is 316 g/mol. The molecule has 0 saturated carbocycles. The molecule has 1 fully saturated rings. The molecule has 0 aliphatic carbocycles. The predicted molar refractivity (Wildman–Crippen MR) is 75.3 cm³/mol. The van der Waals surface area contributed by atoms with Crippen molar-refractivity contribution in [3.05, 3.63) is 20.8 Å².